The predicted molar refractivity (Wildman–Crippen MR) is 60.8 cm³/mol. The minimum atomic E-state index is -0.759. The molecule has 0 aliphatic heterocycles. The van der Waals surface area contributed by atoms with Crippen LogP contribution in [0.5, 0.6) is 0 Å². The fraction of sp³-hybridized carbons (Fsp3) is 0.222. The van der Waals surface area contributed by atoms with Gasteiger partial charge in [0.05, 0.1) is 13.1 Å². The highest BCUT2D eigenvalue weighted by Gasteiger charge is 2.06. The van der Waals surface area contributed by atoms with Crippen LogP contribution in [0.1, 0.15) is 0 Å². The normalized spacial score (nSPS) is 10.8. The summed E-state index contributed by atoms with van der Waals surface area (Å²) in [6.45, 7) is 3.47. The van der Waals surface area contributed by atoms with Gasteiger partial charge in [-0.2, -0.15) is 0 Å². The van der Waals surface area contributed by atoms with E-state index in [2.05, 4.69) is 6.58 Å². The Morgan fingerprint density at radius 1 is 1.19 bits per heavy atom. The van der Waals surface area contributed by atoms with Crippen molar-refractivity contribution in [2.75, 3.05) is 0 Å². The third-order valence-electron chi connectivity index (χ3n) is 1.85. The van der Waals surface area contributed by atoms with Gasteiger partial charge in [0.25, 0.3) is 0 Å². The van der Waals surface area contributed by atoms with Gasteiger partial charge in [-0.1, -0.05) is 23.8 Å². The third kappa shape index (κ3) is 2.40. The van der Waals surface area contributed by atoms with Crippen molar-refractivity contribution in [3.05, 3.63) is 55.7 Å². The summed E-state index contributed by atoms with van der Waals surface area (Å²) in [6, 6.07) is 0. The van der Waals surface area contributed by atoms with Crippen molar-refractivity contribution in [2.24, 2.45) is 0 Å². The topological polar surface area (TPSA) is 76.9 Å². The first-order valence-corrected chi connectivity index (χ1v) is 4.85. The molecule has 0 aromatic carbocycles. The first-order valence-electron chi connectivity index (χ1n) is 4.42. The van der Waals surface area contributed by atoms with Gasteiger partial charge in [0, 0.05) is 5.54 Å². The highest BCUT2D eigenvalue weighted by atomic mass is 35.5. The first-order chi connectivity index (χ1) is 7.61. The van der Waals surface area contributed by atoms with Crippen molar-refractivity contribution < 1.29 is 0 Å². The Bertz CT molecular complexity index is 579. The van der Waals surface area contributed by atoms with Crippen molar-refractivity contribution in [1.29, 1.82) is 0 Å². The molecule has 0 aliphatic carbocycles. The lowest BCUT2D eigenvalue weighted by atomic mass is 10.6. The molecule has 1 N–H and O–H groups in total. The molecule has 1 heterocycles. The maximum absolute atomic E-state index is 11.7. The molecule has 0 aliphatic rings. The number of halogens is 1. The van der Waals surface area contributed by atoms with Crippen LogP contribution in [0, 0.1) is 0 Å². The molecule has 0 saturated heterocycles. The number of nitrogens with one attached hydrogen (secondary N) is 1. The van der Waals surface area contributed by atoms with E-state index < -0.39 is 17.1 Å². The standard InChI is InChI=1S/C9H10ClN3O3/c1-2-5-12-7(14)11-8(15)13(9(12)16)6-3-4-10/h2-4H,1,5-6H2,(H,11,14,15). The van der Waals surface area contributed by atoms with E-state index in [1.807, 2.05) is 4.98 Å². The number of hydrogen-bond donors (Lipinski definition) is 1. The average molecular weight is 244 g/mol. The lowest BCUT2D eigenvalue weighted by molar-refractivity contribution is 0.570. The molecule has 1 aromatic rings. The van der Waals surface area contributed by atoms with E-state index >= 15 is 0 Å². The number of aromatic amines is 1. The van der Waals surface area contributed by atoms with Gasteiger partial charge in [-0.15, -0.1) is 6.58 Å². The molecule has 7 heteroatoms. The van der Waals surface area contributed by atoms with Crippen molar-refractivity contribution in [3.63, 3.8) is 0 Å². The molecule has 0 unspecified atom stereocenters. The first kappa shape index (κ1) is 12.3. The summed E-state index contributed by atoms with van der Waals surface area (Å²) in [4.78, 5) is 36.3. The van der Waals surface area contributed by atoms with Crippen LogP contribution in [-0.4, -0.2) is 14.1 Å². The third-order valence-corrected chi connectivity index (χ3v) is 2.03. The summed E-state index contributed by atoms with van der Waals surface area (Å²) in [5.41, 5.74) is -1.01. The molecule has 0 saturated carbocycles. The van der Waals surface area contributed by atoms with E-state index in [-0.39, 0.29) is 13.1 Å². The zero-order valence-electron chi connectivity index (χ0n) is 8.35. The Hall–Kier alpha value is -1.82. The minimum Gasteiger partial charge on any atom is -0.259 e. The van der Waals surface area contributed by atoms with Crippen LogP contribution in [0.3, 0.4) is 0 Å². The summed E-state index contributed by atoms with van der Waals surface area (Å²) in [6.07, 6.45) is 2.81. The molecule has 86 valence electrons. The fourth-order valence-electron chi connectivity index (χ4n) is 1.14. The molecule has 0 radical (unpaired) electrons. The Morgan fingerprint density at radius 3 is 2.25 bits per heavy atom. The van der Waals surface area contributed by atoms with Crippen LogP contribution < -0.4 is 17.1 Å². The summed E-state index contributed by atoms with van der Waals surface area (Å²) in [5.74, 6) is 0. The largest absolute Gasteiger partial charge is 0.336 e. The quantitative estimate of drug-likeness (QED) is 0.734. The Kier molecular flexibility index (Phi) is 4.07. The second-order valence-corrected chi connectivity index (χ2v) is 3.14. The summed E-state index contributed by atoms with van der Waals surface area (Å²) in [5, 5.41) is 0. The van der Waals surface area contributed by atoms with Gasteiger partial charge in [-0.05, 0) is 0 Å². The van der Waals surface area contributed by atoms with Gasteiger partial charge < -0.3 is 0 Å². The minimum absolute atomic E-state index is 0.00902. The average Bonchev–Trinajstić information content (AvgIpc) is 2.24. The molecule has 16 heavy (non-hydrogen) atoms. The molecular weight excluding hydrogens is 234 g/mol. The second-order valence-electron chi connectivity index (χ2n) is 2.89. The van der Waals surface area contributed by atoms with Gasteiger partial charge in [0.15, 0.2) is 0 Å². The maximum atomic E-state index is 11.7. The number of nitrogens with zero attached hydrogens (tertiary/aromatic N) is 2. The second kappa shape index (κ2) is 5.32. The Morgan fingerprint density at radius 2 is 1.75 bits per heavy atom. The highest BCUT2D eigenvalue weighted by molar-refractivity contribution is 6.25. The van der Waals surface area contributed by atoms with Crippen LogP contribution in [0.15, 0.2) is 38.6 Å². The molecule has 6 nitrogen and oxygen atoms in total. The van der Waals surface area contributed by atoms with Gasteiger partial charge in [-0.25, -0.2) is 23.5 Å². The molecule has 0 bridgehead atoms. The number of allylic oxidation sites excluding steroid dienone is 2. The van der Waals surface area contributed by atoms with E-state index in [1.54, 1.807) is 0 Å². The zero-order chi connectivity index (χ0) is 12.1. The lowest BCUT2D eigenvalue weighted by Crippen LogP contribution is -2.49. The van der Waals surface area contributed by atoms with Crippen LogP contribution >= 0.6 is 11.6 Å². The summed E-state index contributed by atoms with van der Waals surface area (Å²) in [7, 11) is 0. The summed E-state index contributed by atoms with van der Waals surface area (Å²) < 4.78 is 1.74. The van der Waals surface area contributed by atoms with E-state index in [9.17, 15) is 14.4 Å². The monoisotopic (exact) mass is 243 g/mol. The van der Waals surface area contributed by atoms with Crippen molar-refractivity contribution in [2.45, 2.75) is 13.1 Å². The molecular formula is C9H10ClN3O3. The van der Waals surface area contributed by atoms with Crippen molar-refractivity contribution in [1.82, 2.24) is 14.1 Å². The van der Waals surface area contributed by atoms with E-state index in [0.29, 0.717) is 0 Å². The van der Waals surface area contributed by atoms with Gasteiger partial charge >= 0.3 is 17.1 Å². The Labute approximate surface area is 95.1 Å². The molecule has 1 rings (SSSR count). The van der Waals surface area contributed by atoms with Crippen LogP contribution in [0.25, 0.3) is 0 Å². The molecule has 1 aromatic heterocycles. The number of aromatic nitrogens is 3. The fourth-order valence-corrected chi connectivity index (χ4v) is 1.22. The smallest absolute Gasteiger partial charge is 0.259 e. The molecule has 0 atom stereocenters. The number of H-pyrrole nitrogens is 1. The number of rotatable bonds is 4. The van der Waals surface area contributed by atoms with Crippen LogP contribution in [0.4, 0.5) is 0 Å². The van der Waals surface area contributed by atoms with Gasteiger partial charge in [0.2, 0.25) is 0 Å². The Balaban J connectivity index is 3.45. The molecule has 0 fully saturated rings. The highest BCUT2D eigenvalue weighted by Crippen LogP contribution is 1.80. The molecule has 0 spiro atoms. The van der Waals surface area contributed by atoms with E-state index in [1.165, 1.54) is 17.7 Å². The van der Waals surface area contributed by atoms with Gasteiger partial charge in [0.1, 0.15) is 0 Å². The molecule has 0 amide bonds. The predicted octanol–water partition coefficient (Wildman–Crippen LogP) is -0.363. The van der Waals surface area contributed by atoms with Crippen molar-refractivity contribution >= 4 is 11.6 Å². The summed E-state index contributed by atoms with van der Waals surface area (Å²) >= 11 is 5.30. The van der Waals surface area contributed by atoms with Crippen LogP contribution in [-0.2, 0) is 13.1 Å². The van der Waals surface area contributed by atoms with Crippen LogP contribution in [0.2, 0.25) is 0 Å². The van der Waals surface area contributed by atoms with Gasteiger partial charge in [-0.3, -0.25) is 4.98 Å². The van der Waals surface area contributed by atoms with E-state index in [4.69, 9.17) is 11.6 Å². The maximum Gasteiger partial charge on any atom is 0.336 e. The zero-order valence-corrected chi connectivity index (χ0v) is 9.11. The lowest BCUT2D eigenvalue weighted by Gasteiger charge is -2.04. The van der Waals surface area contributed by atoms with Crippen molar-refractivity contribution in [3.8, 4) is 0 Å². The SMILES string of the molecule is C=CCn1c(=O)[nH]c(=O)n(CC=CCl)c1=O. The number of hydrogen-bond acceptors (Lipinski definition) is 3. The van der Waals surface area contributed by atoms with E-state index in [0.717, 1.165) is 9.13 Å².